The van der Waals surface area contributed by atoms with Gasteiger partial charge in [0.05, 0.1) is 0 Å². The zero-order chi connectivity index (χ0) is 12.5. The molecule has 1 aliphatic rings. The summed E-state index contributed by atoms with van der Waals surface area (Å²) in [6, 6.07) is 8.48. The van der Waals surface area contributed by atoms with Gasteiger partial charge in [-0.1, -0.05) is 18.2 Å². The Balaban J connectivity index is 1.84. The van der Waals surface area contributed by atoms with Gasteiger partial charge in [-0.25, -0.2) is 0 Å². The van der Waals surface area contributed by atoms with E-state index in [1.54, 1.807) is 0 Å². The Kier molecular flexibility index (Phi) is 2.66. The lowest BCUT2D eigenvalue weighted by Gasteiger charge is -2.09. The molecule has 0 amide bonds. The van der Waals surface area contributed by atoms with Crippen LogP contribution in [-0.2, 0) is 13.5 Å². The maximum Gasteiger partial charge on any atom is 0.224 e. The summed E-state index contributed by atoms with van der Waals surface area (Å²) in [5.41, 5.74) is 2.63. The molecule has 5 nitrogen and oxygen atoms in total. The van der Waals surface area contributed by atoms with Crippen molar-refractivity contribution in [1.82, 2.24) is 14.8 Å². The van der Waals surface area contributed by atoms with Gasteiger partial charge in [-0.15, -0.1) is 10.2 Å². The minimum atomic E-state index is 0.480. The molecule has 1 aromatic heterocycles. The molecular weight excluding hydrogens is 226 g/mol. The molecular formula is C13H17N5. The number of nitrogens with one attached hydrogen (secondary N) is 2. The number of nitrogens with zero attached hydrogens (tertiary/aromatic N) is 3. The van der Waals surface area contributed by atoms with E-state index in [2.05, 4.69) is 45.1 Å². The summed E-state index contributed by atoms with van der Waals surface area (Å²) in [6.07, 6.45) is 0.912. The molecule has 2 heterocycles. The lowest BCUT2D eigenvalue weighted by molar-refractivity contribution is 0.679. The zero-order valence-corrected chi connectivity index (χ0v) is 10.6. The average Bonchev–Trinajstić information content (AvgIpc) is 2.96. The van der Waals surface area contributed by atoms with Crippen LogP contribution in [0.2, 0.25) is 0 Å². The minimum absolute atomic E-state index is 0.480. The molecule has 0 spiro atoms. The Morgan fingerprint density at radius 2 is 2.22 bits per heavy atom. The molecule has 1 atom stereocenters. The zero-order valence-electron chi connectivity index (χ0n) is 10.6. The molecule has 18 heavy (non-hydrogen) atoms. The quantitative estimate of drug-likeness (QED) is 0.860. The molecule has 1 aromatic carbocycles. The third kappa shape index (κ3) is 1.72. The summed E-state index contributed by atoms with van der Waals surface area (Å²) >= 11 is 0. The first-order chi connectivity index (χ1) is 8.79. The highest BCUT2D eigenvalue weighted by molar-refractivity contribution is 5.57. The van der Waals surface area contributed by atoms with E-state index < -0.39 is 0 Å². The normalized spacial score (nSPS) is 17.3. The van der Waals surface area contributed by atoms with Crippen LogP contribution in [0.15, 0.2) is 24.3 Å². The first kappa shape index (κ1) is 11.1. The van der Waals surface area contributed by atoms with Crippen molar-refractivity contribution in [3.05, 3.63) is 35.7 Å². The number of rotatable bonds is 3. The highest BCUT2D eigenvalue weighted by Crippen LogP contribution is 2.33. The van der Waals surface area contributed by atoms with Crippen molar-refractivity contribution in [2.75, 3.05) is 24.2 Å². The average molecular weight is 243 g/mol. The molecule has 2 aromatic rings. The SMILES string of the molecule is CNc1nnc(CC2CNc3ccccc32)n1C. The minimum Gasteiger partial charge on any atom is -0.384 e. The molecule has 0 fully saturated rings. The lowest BCUT2D eigenvalue weighted by Crippen LogP contribution is -2.10. The van der Waals surface area contributed by atoms with Crippen LogP contribution in [0.5, 0.6) is 0 Å². The smallest absolute Gasteiger partial charge is 0.224 e. The van der Waals surface area contributed by atoms with Gasteiger partial charge in [0.1, 0.15) is 5.82 Å². The van der Waals surface area contributed by atoms with Crippen LogP contribution in [0.3, 0.4) is 0 Å². The summed E-state index contributed by atoms with van der Waals surface area (Å²) in [7, 11) is 3.86. The number of hydrogen-bond acceptors (Lipinski definition) is 4. The lowest BCUT2D eigenvalue weighted by atomic mass is 9.98. The molecule has 5 heteroatoms. The van der Waals surface area contributed by atoms with Crippen LogP contribution in [0.25, 0.3) is 0 Å². The molecule has 3 rings (SSSR count). The molecule has 1 aliphatic heterocycles. The van der Waals surface area contributed by atoms with Crippen molar-refractivity contribution in [2.45, 2.75) is 12.3 Å². The predicted molar refractivity (Wildman–Crippen MR) is 71.9 cm³/mol. The van der Waals surface area contributed by atoms with Crippen LogP contribution in [-0.4, -0.2) is 28.4 Å². The monoisotopic (exact) mass is 243 g/mol. The second kappa shape index (κ2) is 4.33. The molecule has 1 unspecified atom stereocenters. The van der Waals surface area contributed by atoms with Crippen LogP contribution in [0.4, 0.5) is 11.6 Å². The Morgan fingerprint density at radius 3 is 3.00 bits per heavy atom. The van der Waals surface area contributed by atoms with E-state index in [1.165, 1.54) is 11.3 Å². The van der Waals surface area contributed by atoms with E-state index in [-0.39, 0.29) is 0 Å². The summed E-state index contributed by atoms with van der Waals surface area (Å²) < 4.78 is 2.01. The van der Waals surface area contributed by atoms with E-state index in [9.17, 15) is 0 Å². The number of anilines is 2. The standard InChI is InChI=1S/C13H17N5/c1-14-13-17-16-12(18(13)2)7-9-8-15-11-6-4-3-5-10(9)11/h3-6,9,15H,7-8H2,1-2H3,(H,14,17). The van der Waals surface area contributed by atoms with Crippen molar-refractivity contribution in [2.24, 2.45) is 7.05 Å². The Labute approximate surface area is 106 Å². The van der Waals surface area contributed by atoms with Crippen molar-refractivity contribution in [3.63, 3.8) is 0 Å². The first-order valence-corrected chi connectivity index (χ1v) is 6.18. The highest BCUT2D eigenvalue weighted by Gasteiger charge is 2.23. The summed E-state index contributed by atoms with van der Waals surface area (Å²) in [5, 5.41) is 14.8. The third-order valence-electron chi connectivity index (χ3n) is 3.56. The van der Waals surface area contributed by atoms with E-state index in [1.807, 2.05) is 18.7 Å². The Morgan fingerprint density at radius 1 is 1.39 bits per heavy atom. The third-order valence-corrected chi connectivity index (χ3v) is 3.56. The van der Waals surface area contributed by atoms with Crippen LogP contribution < -0.4 is 10.6 Å². The fraction of sp³-hybridized carbons (Fsp3) is 0.385. The second-order valence-electron chi connectivity index (χ2n) is 4.62. The largest absolute Gasteiger partial charge is 0.384 e. The van der Waals surface area contributed by atoms with Gasteiger partial charge in [0.15, 0.2) is 0 Å². The number of hydrogen-bond donors (Lipinski definition) is 2. The van der Waals surface area contributed by atoms with Gasteiger partial charge < -0.3 is 15.2 Å². The highest BCUT2D eigenvalue weighted by atomic mass is 15.3. The molecule has 2 N–H and O–H groups in total. The van der Waals surface area contributed by atoms with Crippen LogP contribution >= 0.6 is 0 Å². The van der Waals surface area contributed by atoms with E-state index in [0.717, 1.165) is 24.7 Å². The van der Waals surface area contributed by atoms with E-state index in [0.29, 0.717) is 5.92 Å². The van der Waals surface area contributed by atoms with Crippen molar-refractivity contribution in [3.8, 4) is 0 Å². The summed E-state index contributed by atoms with van der Waals surface area (Å²) in [4.78, 5) is 0. The summed E-state index contributed by atoms with van der Waals surface area (Å²) in [5.74, 6) is 2.31. The van der Waals surface area contributed by atoms with Crippen molar-refractivity contribution in [1.29, 1.82) is 0 Å². The topological polar surface area (TPSA) is 54.8 Å². The number of aromatic nitrogens is 3. The van der Waals surface area contributed by atoms with Crippen molar-refractivity contribution < 1.29 is 0 Å². The maximum atomic E-state index is 4.25. The number of para-hydroxylation sites is 1. The number of fused-ring (bicyclic) bond motifs is 1. The molecule has 0 aliphatic carbocycles. The van der Waals surface area contributed by atoms with Gasteiger partial charge in [-0.2, -0.15) is 0 Å². The van der Waals surface area contributed by atoms with Gasteiger partial charge in [0.2, 0.25) is 5.95 Å². The predicted octanol–water partition coefficient (Wildman–Crippen LogP) is 1.61. The fourth-order valence-corrected chi connectivity index (χ4v) is 2.52. The first-order valence-electron chi connectivity index (χ1n) is 6.18. The van der Waals surface area contributed by atoms with Gasteiger partial charge >= 0.3 is 0 Å². The maximum absolute atomic E-state index is 4.25. The van der Waals surface area contributed by atoms with Crippen LogP contribution in [0, 0.1) is 0 Å². The number of benzene rings is 1. The van der Waals surface area contributed by atoms with Gasteiger partial charge in [0.25, 0.3) is 0 Å². The molecule has 94 valence electrons. The second-order valence-corrected chi connectivity index (χ2v) is 4.62. The van der Waals surface area contributed by atoms with Crippen LogP contribution in [0.1, 0.15) is 17.3 Å². The molecule has 0 saturated carbocycles. The molecule has 0 bridgehead atoms. The van der Waals surface area contributed by atoms with E-state index in [4.69, 9.17) is 0 Å². The van der Waals surface area contributed by atoms with E-state index >= 15 is 0 Å². The Hall–Kier alpha value is -2.04. The van der Waals surface area contributed by atoms with Gasteiger partial charge in [-0.05, 0) is 11.6 Å². The molecule has 0 radical (unpaired) electrons. The Bertz CT molecular complexity index is 560. The van der Waals surface area contributed by atoms with Gasteiger partial charge in [-0.3, -0.25) is 0 Å². The molecule has 0 saturated heterocycles. The summed E-state index contributed by atoms with van der Waals surface area (Å²) in [6.45, 7) is 0.973. The van der Waals surface area contributed by atoms with Gasteiger partial charge in [0, 0.05) is 38.7 Å². The van der Waals surface area contributed by atoms with Crippen molar-refractivity contribution >= 4 is 11.6 Å². The fourth-order valence-electron chi connectivity index (χ4n) is 2.52.